The van der Waals surface area contributed by atoms with Crippen LogP contribution in [0.3, 0.4) is 0 Å². The molecule has 2 saturated heterocycles. The zero-order chi connectivity index (χ0) is 21.5. The highest BCUT2D eigenvalue weighted by Gasteiger charge is 2.60. The normalized spacial score (nSPS) is 22.7. The number of para-hydroxylation sites is 2. The van der Waals surface area contributed by atoms with Crippen LogP contribution in [0.5, 0.6) is 5.75 Å². The lowest BCUT2D eigenvalue weighted by molar-refractivity contribution is -0.126. The van der Waals surface area contributed by atoms with Crippen molar-refractivity contribution in [2.45, 2.75) is 19.1 Å². The minimum absolute atomic E-state index is 0.270. The molecule has 6 nitrogen and oxygen atoms in total. The summed E-state index contributed by atoms with van der Waals surface area (Å²) in [5.41, 5.74) is 3.19. The summed E-state index contributed by atoms with van der Waals surface area (Å²) in [6.07, 6.45) is -0.899. The minimum Gasteiger partial charge on any atom is -0.496 e. The Morgan fingerprint density at radius 2 is 1.48 bits per heavy atom. The fourth-order valence-electron chi connectivity index (χ4n) is 4.39. The van der Waals surface area contributed by atoms with Gasteiger partial charge in [-0.05, 0) is 37.3 Å². The number of aryl methyl sites for hydroxylation is 1. The zero-order valence-corrected chi connectivity index (χ0v) is 17.3. The van der Waals surface area contributed by atoms with Crippen molar-refractivity contribution in [1.29, 1.82) is 0 Å². The average molecular weight is 414 g/mol. The molecule has 0 bridgehead atoms. The minimum atomic E-state index is -0.899. The van der Waals surface area contributed by atoms with Gasteiger partial charge >= 0.3 is 0 Å². The number of methoxy groups -OCH3 is 1. The topological polar surface area (TPSA) is 59.1 Å². The molecule has 5 rings (SSSR count). The van der Waals surface area contributed by atoms with Gasteiger partial charge in [-0.3, -0.25) is 14.4 Å². The summed E-state index contributed by atoms with van der Waals surface area (Å²) >= 11 is 0. The maximum absolute atomic E-state index is 13.6. The van der Waals surface area contributed by atoms with Gasteiger partial charge in [0, 0.05) is 5.56 Å². The van der Waals surface area contributed by atoms with Crippen molar-refractivity contribution in [3.63, 3.8) is 0 Å². The molecule has 2 amide bonds. The molecule has 6 heteroatoms. The maximum Gasteiger partial charge on any atom is 0.266 e. The molecule has 3 aromatic carbocycles. The van der Waals surface area contributed by atoms with E-state index in [1.54, 1.807) is 24.3 Å². The van der Waals surface area contributed by atoms with Crippen LogP contribution in [0.4, 0.5) is 11.4 Å². The summed E-state index contributed by atoms with van der Waals surface area (Å²) in [5, 5.41) is 1.68. The first kappa shape index (κ1) is 19.3. The number of nitrogens with zero attached hydrogens (tertiary/aromatic N) is 2. The molecule has 2 aliphatic rings. The smallest absolute Gasteiger partial charge is 0.266 e. The fourth-order valence-corrected chi connectivity index (χ4v) is 4.39. The molecular formula is C25H22N2O4. The van der Waals surface area contributed by atoms with Crippen LogP contribution >= 0.6 is 0 Å². The molecule has 2 heterocycles. The van der Waals surface area contributed by atoms with Crippen LogP contribution in [0.15, 0.2) is 78.9 Å². The quantitative estimate of drug-likeness (QED) is 0.603. The van der Waals surface area contributed by atoms with Gasteiger partial charge in [-0.1, -0.05) is 54.1 Å². The number of carbonyl (C=O) groups excluding carboxylic acids is 2. The van der Waals surface area contributed by atoms with Crippen LogP contribution in [0, 0.1) is 12.8 Å². The Morgan fingerprint density at radius 3 is 2.19 bits per heavy atom. The Bertz CT molecular complexity index is 1130. The van der Waals surface area contributed by atoms with Gasteiger partial charge in [0.15, 0.2) is 6.10 Å². The zero-order valence-electron chi connectivity index (χ0n) is 17.3. The molecule has 3 atom stereocenters. The summed E-state index contributed by atoms with van der Waals surface area (Å²) in [7, 11) is 1.60. The number of carbonyl (C=O) groups is 2. The largest absolute Gasteiger partial charge is 0.496 e. The van der Waals surface area contributed by atoms with E-state index >= 15 is 0 Å². The van der Waals surface area contributed by atoms with Crippen LogP contribution in [-0.2, 0) is 14.4 Å². The number of fused-ring (bicyclic) bond motifs is 1. The van der Waals surface area contributed by atoms with Gasteiger partial charge in [-0.15, -0.1) is 0 Å². The third kappa shape index (κ3) is 3.07. The summed E-state index contributed by atoms with van der Waals surface area (Å²) < 4.78 is 5.59. The Labute approximate surface area is 180 Å². The molecule has 156 valence electrons. The molecular weight excluding hydrogens is 392 g/mol. The Balaban J connectivity index is 1.61. The lowest BCUT2D eigenvalue weighted by atomic mass is 9.90. The van der Waals surface area contributed by atoms with E-state index in [2.05, 4.69) is 0 Å². The fraction of sp³-hybridized carbons (Fsp3) is 0.200. The van der Waals surface area contributed by atoms with Crippen LogP contribution < -0.4 is 14.7 Å². The lowest BCUT2D eigenvalue weighted by Crippen LogP contribution is -2.37. The highest BCUT2D eigenvalue weighted by Crippen LogP contribution is 2.49. The Kier molecular flexibility index (Phi) is 4.71. The number of anilines is 2. The van der Waals surface area contributed by atoms with Crippen molar-refractivity contribution in [2.75, 3.05) is 17.1 Å². The molecule has 2 aliphatic heterocycles. The summed E-state index contributed by atoms with van der Waals surface area (Å²) in [4.78, 5) is 34.3. The van der Waals surface area contributed by atoms with E-state index in [-0.39, 0.29) is 11.8 Å². The van der Waals surface area contributed by atoms with E-state index in [1.165, 1.54) is 4.90 Å². The molecule has 31 heavy (non-hydrogen) atoms. The third-order valence-electron chi connectivity index (χ3n) is 5.88. The van der Waals surface area contributed by atoms with Crippen molar-refractivity contribution in [1.82, 2.24) is 0 Å². The first-order valence-electron chi connectivity index (χ1n) is 10.2. The van der Waals surface area contributed by atoms with Gasteiger partial charge in [0.25, 0.3) is 5.91 Å². The molecule has 0 N–H and O–H groups in total. The highest BCUT2D eigenvalue weighted by atomic mass is 16.7. The van der Waals surface area contributed by atoms with Gasteiger partial charge in [0.1, 0.15) is 11.7 Å². The number of hydrogen-bond donors (Lipinski definition) is 0. The van der Waals surface area contributed by atoms with Crippen molar-refractivity contribution < 1.29 is 19.2 Å². The van der Waals surface area contributed by atoms with Crippen LogP contribution in [0.1, 0.15) is 17.2 Å². The Hall–Kier alpha value is -3.64. The van der Waals surface area contributed by atoms with Gasteiger partial charge < -0.3 is 4.74 Å². The van der Waals surface area contributed by atoms with Crippen molar-refractivity contribution in [2.24, 2.45) is 5.92 Å². The van der Waals surface area contributed by atoms with Crippen LogP contribution in [0.25, 0.3) is 0 Å². The van der Waals surface area contributed by atoms with E-state index < -0.39 is 18.1 Å². The van der Waals surface area contributed by atoms with E-state index in [1.807, 2.05) is 73.7 Å². The van der Waals surface area contributed by atoms with E-state index in [0.717, 1.165) is 16.8 Å². The molecule has 0 unspecified atom stereocenters. The van der Waals surface area contributed by atoms with Crippen LogP contribution in [-0.4, -0.2) is 25.0 Å². The predicted molar refractivity (Wildman–Crippen MR) is 117 cm³/mol. The molecule has 3 aromatic rings. The SMILES string of the molecule is COc1ccccc1[C@@H]1[C@@H]2C(=O)N(c3ccc(C)cc3)C(=O)[C@@H]2ON1c1ccccc1. The summed E-state index contributed by atoms with van der Waals surface area (Å²) in [6, 6.07) is 23.9. The average Bonchev–Trinajstić information content (AvgIpc) is 3.31. The monoisotopic (exact) mass is 414 g/mol. The standard InChI is InChI=1S/C25H22N2O4/c1-16-12-14-17(15-13-16)26-24(28)21-22(19-10-6-7-11-20(19)30-2)27(31-23(21)25(26)29)18-8-4-3-5-9-18/h3-15,21-23H,1-2H3/t21-,22+,23+/m0/s1. The van der Waals surface area contributed by atoms with Crippen LogP contribution in [0.2, 0.25) is 0 Å². The number of ether oxygens (including phenoxy) is 1. The Morgan fingerprint density at radius 1 is 0.806 bits per heavy atom. The van der Waals surface area contributed by atoms with Gasteiger partial charge in [-0.25, -0.2) is 9.96 Å². The van der Waals surface area contributed by atoms with Gasteiger partial charge in [-0.2, -0.15) is 0 Å². The number of hydroxylamine groups is 1. The maximum atomic E-state index is 13.6. The second-order valence-corrected chi connectivity index (χ2v) is 7.75. The number of rotatable bonds is 4. The number of hydrogen-bond acceptors (Lipinski definition) is 5. The second kappa shape index (κ2) is 7.56. The summed E-state index contributed by atoms with van der Waals surface area (Å²) in [6.45, 7) is 1.96. The van der Waals surface area contributed by atoms with E-state index in [0.29, 0.717) is 11.4 Å². The number of imide groups is 1. The molecule has 0 saturated carbocycles. The predicted octanol–water partition coefficient (Wildman–Crippen LogP) is 4.05. The first-order valence-corrected chi connectivity index (χ1v) is 10.2. The molecule has 2 fully saturated rings. The van der Waals surface area contributed by atoms with Crippen molar-refractivity contribution in [3.8, 4) is 5.75 Å². The van der Waals surface area contributed by atoms with Gasteiger partial charge in [0.05, 0.1) is 24.5 Å². The van der Waals surface area contributed by atoms with Crippen molar-refractivity contribution >= 4 is 23.2 Å². The highest BCUT2D eigenvalue weighted by molar-refractivity contribution is 6.23. The summed E-state index contributed by atoms with van der Waals surface area (Å²) in [5.74, 6) is -0.664. The second-order valence-electron chi connectivity index (χ2n) is 7.75. The number of amides is 2. The molecule has 0 spiro atoms. The first-order chi connectivity index (χ1) is 15.1. The van der Waals surface area contributed by atoms with E-state index in [4.69, 9.17) is 9.57 Å². The van der Waals surface area contributed by atoms with E-state index in [9.17, 15) is 9.59 Å². The van der Waals surface area contributed by atoms with Gasteiger partial charge in [0.2, 0.25) is 5.91 Å². The molecule has 0 aliphatic carbocycles. The number of benzene rings is 3. The van der Waals surface area contributed by atoms with Crippen molar-refractivity contribution in [3.05, 3.63) is 90.0 Å². The molecule has 0 radical (unpaired) electrons. The molecule has 0 aromatic heterocycles. The third-order valence-corrected chi connectivity index (χ3v) is 5.88. The lowest BCUT2D eigenvalue weighted by Gasteiger charge is -2.29.